The third-order valence-electron chi connectivity index (χ3n) is 3.34. The van der Waals surface area contributed by atoms with Gasteiger partial charge in [-0.25, -0.2) is 9.97 Å². The SMILES string of the molecule is CSc1ccc2nc(Nc3ccc4nc(C)sc4c3)sc2c1. The second kappa shape index (κ2) is 5.53. The van der Waals surface area contributed by atoms with E-state index in [4.69, 9.17) is 0 Å². The summed E-state index contributed by atoms with van der Waals surface area (Å²) in [5.74, 6) is 0. The van der Waals surface area contributed by atoms with Gasteiger partial charge in [0.05, 0.1) is 25.4 Å². The van der Waals surface area contributed by atoms with Crippen molar-refractivity contribution in [2.75, 3.05) is 11.6 Å². The minimum Gasteiger partial charge on any atom is -0.331 e. The molecule has 4 rings (SSSR count). The van der Waals surface area contributed by atoms with Crippen LogP contribution >= 0.6 is 34.4 Å². The molecule has 0 fully saturated rings. The molecular weight excluding hydrogens is 330 g/mol. The molecule has 22 heavy (non-hydrogen) atoms. The van der Waals surface area contributed by atoms with Crippen molar-refractivity contribution in [1.29, 1.82) is 0 Å². The second-order valence-corrected chi connectivity index (χ2v) is 8.04. The summed E-state index contributed by atoms with van der Waals surface area (Å²) >= 11 is 5.15. The molecule has 2 aromatic heterocycles. The fourth-order valence-electron chi connectivity index (χ4n) is 2.33. The van der Waals surface area contributed by atoms with E-state index < -0.39 is 0 Å². The molecule has 0 aliphatic heterocycles. The average molecular weight is 344 g/mol. The van der Waals surface area contributed by atoms with E-state index in [9.17, 15) is 0 Å². The first-order chi connectivity index (χ1) is 10.7. The number of hydrogen-bond acceptors (Lipinski definition) is 6. The van der Waals surface area contributed by atoms with Crippen LogP contribution in [0.25, 0.3) is 20.4 Å². The third kappa shape index (κ3) is 2.58. The third-order valence-corrected chi connectivity index (χ3v) is 5.93. The Labute approximate surface area is 140 Å². The van der Waals surface area contributed by atoms with Crippen LogP contribution in [0, 0.1) is 6.92 Å². The molecule has 0 spiro atoms. The van der Waals surface area contributed by atoms with Gasteiger partial charge in [0.15, 0.2) is 5.13 Å². The quantitative estimate of drug-likeness (QED) is 0.486. The number of aromatic nitrogens is 2. The van der Waals surface area contributed by atoms with E-state index in [-0.39, 0.29) is 0 Å². The Morgan fingerprint density at radius 3 is 2.59 bits per heavy atom. The second-order valence-electron chi connectivity index (χ2n) is 4.89. The zero-order valence-corrected chi connectivity index (χ0v) is 14.5. The molecular formula is C16H13N3S3. The summed E-state index contributed by atoms with van der Waals surface area (Å²) in [7, 11) is 0. The fourth-order valence-corrected chi connectivity index (χ4v) is 4.63. The molecule has 0 saturated heterocycles. The molecule has 2 aromatic carbocycles. The molecule has 3 nitrogen and oxygen atoms in total. The van der Waals surface area contributed by atoms with Gasteiger partial charge in [-0.2, -0.15) is 0 Å². The number of benzene rings is 2. The highest BCUT2D eigenvalue weighted by Gasteiger charge is 2.06. The van der Waals surface area contributed by atoms with E-state index in [1.807, 2.05) is 6.92 Å². The minimum absolute atomic E-state index is 0.925. The molecule has 110 valence electrons. The number of nitrogens with one attached hydrogen (secondary N) is 1. The van der Waals surface area contributed by atoms with E-state index in [0.29, 0.717) is 0 Å². The standard InChI is InChI=1S/C16H13N3S3/c1-9-17-12-5-3-10(7-14(12)21-9)18-16-19-13-6-4-11(20-2)8-15(13)22-16/h3-8H,1-2H3,(H,18,19). The van der Waals surface area contributed by atoms with Crippen LogP contribution in [0.5, 0.6) is 0 Å². The molecule has 1 N–H and O–H groups in total. The Kier molecular flexibility index (Phi) is 3.52. The first-order valence-corrected chi connectivity index (χ1v) is 9.66. The Bertz CT molecular complexity index is 971. The maximum Gasteiger partial charge on any atom is 0.188 e. The molecule has 0 radical (unpaired) electrons. The number of fused-ring (bicyclic) bond motifs is 2. The first-order valence-electron chi connectivity index (χ1n) is 6.80. The van der Waals surface area contributed by atoms with Crippen LogP contribution < -0.4 is 5.32 Å². The van der Waals surface area contributed by atoms with Gasteiger partial charge in [0.1, 0.15) is 0 Å². The molecule has 0 bridgehead atoms. The Balaban J connectivity index is 1.68. The highest BCUT2D eigenvalue weighted by Crippen LogP contribution is 2.32. The minimum atomic E-state index is 0.925. The van der Waals surface area contributed by atoms with Crippen molar-refractivity contribution in [3.63, 3.8) is 0 Å². The molecule has 0 aliphatic carbocycles. The largest absolute Gasteiger partial charge is 0.331 e. The molecule has 0 unspecified atom stereocenters. The first kappa shape index (κ1) is 14.0. The maximum absolute atomic E-state index is 4.65. The van der Waals surface area contributed by atoms with Crippen molar-refractivity contribution in [3.05, 3.63) is 41.4 Å². The van der Waals surface area contributed by atoms with Crippen LogP contribution in [0.15, 0.2) is 41.3 Å². The van der Waals surface area contributed by atoms with Gasteiger partial charge < -0.3 is 5.32 Å². The molecule has 4 aromatic rings. The Morgan fingerprint density at radius 1 is 0.955 bits per heavy atom. The molecule has 0 saturated carbocycles. The molecule has 0 aliphatic rings. The summed E-state index contributed by atoms with van der Waals surface area (Å²) < 4.78 is 2.41. The van der Waals surface area contributed by atoms with Crippen molar-refractivity contribution in [3.8, 4) is 0 Å². The van der Waals surface area contributed by atoms with Gasteiger partial charge in [-0.15, -0.1) is 23.1 Å². The number of hydrogen-bond donors (Lipinski definition) is 1. The van der Waals surface area contributed by atoms with Crippen molar-refractivity contribution >= 4 is 65.7 Å². The predicted molar refractivity (Wildman–Crippen MR) is 99.0 cm³/mol. The summed E-state index contributed by atoms with van der Waals surface area (Å²) in [4.78, 5) is 10.4. The zero-order chi connectivity index (χ0) is 15.1. The lowest BCUT2D eigenvalue weighted by molar-refractivity contribution is 1.35. The number of anilines is 2. The van der Waals surface area contributed by atoms with Crippen LogP contribution in [0.2, 0.25) is 0 Å². The number of thioether (sulfide) groups is 1. The lowest BCUT2D eigenvalue weighted by Gasteiger charge is -2.01. The van der Waals surface area contributed by atoms with Crippen molar-refractivity contribution in [2.45, 2.75) is 11.8 Å². The zero-order valence-electron chi connectivity index (χ0n) is 12.1. The lowest BCUT2D eigenvalue weighted by atomic mass is 10.3. The van der Waals surface area contributed by atoms with Gasteiger partial charge in [-0.05, 0) is 49.6 Å². The summed E-state index contributed by atoms with van der Waals surface area (Å²) in [5.41, 5.74) is 3.15. The van der Waals surface area contributed by atoms with Gasteiger partial charge in [-0.1, -0.05) is 11.3 Å². The lowest BCUT2D eigenvalue weighted by Crippen LogP contribution is -1.88. The van der Waals surface area contributed by atoms with E-state index in [0.717, 1.165) is 26.9 Å². The number of thiazole rings is 2. The number of aryl methyl sites for hydroxylation is 1. The smallest absolute Gasteiger partial charge is 0.188 e. The number of rotatable bonds is 3. The summed E-state index contributed by atoms with van der Waals surface area (Å²) in [6.07, 6.45) is 2.09. The van der Waals surface area contributed by atoms with Crippen LogP contribution in [0.3, 0.4) is 0 Å². The highest BCUT2D eigenvalue weighted by atomic mass is 32.2. The van der Waals surface area contributed by atoms with E-state index >= 15 is 0 Å². The van der Waals surface area contributed by atoms with Gasteiger partial charge in [-0.3, -0.25) is 0 Å². The van der Waals surface area contributed by atoms with Crippen LogP contribution in [0.1, 0.15) is 5.01 Å². The van der Waals surface area contributed by atoms with Gasteiger partial charge in [0.25, 0.3) is 0 Å². The Hall–Kier alpha value is -1.63. The van der Waals surface area contributed by atoms with Crippen molar-refractivity contribution in [1.82, 2.24) is 9.97 Å². The number of nitrogens with zero attached hydrogens (tertiary/aromatic N) is 2. The van der Waals surface area contributed by atoms with E-state index in [1.54, 1.807) is 34.4 Å². The van der Waals surface area contributed by atoms with E-state index in [1.165, 1.54) is 14.3 Å². The highest BCUT2D eigenvalue weighted by molar-refractivity contribution is 7.98. The topological polar surface area (TPSA) is 37.8 Å². The van der Waals surface area contributed by atoms with Crippen molar-refractivity contribution < 1.29 is 0 Å². The van der Waals surface area contributed by atoms with Crippen LogP contribution in [-0.4, -0.2) is 16.2 Å². The fraction of sp³-hybridized carbons (Fsp3) is 0.125. The normalized spacial score (nSPS) is 11.4. The molecule has 0 amide bonds. The van der Waals surface area contributed by atoms with Gasteiger partial charge in [0, 0.05) is 10.6 Å². The summed E-state index contributed by atoms with van der Waals surface area (Å²) in [6, 6.07) is 12.6. The van der Waals surface area contributed by atoms with Crippen LogP contribution in [0.4, 0.5) is 10.8 Å². The maximum atomic E-state index is 4.65. The van der Waals surface area contributed by atoms with Crippen LogP contribution in [-0.2, 0) is 0 Å². The predicted octanol–water partition coefficient (Wildman–Crippen LogP) is 5.68. The monoisotopic (exact) mass is 343 g/mol. The molecule has 0 atom stereocenters. The molecule has 2 heterocycles. The average Bonchev–Trinajstić information content (AvgIpc) is 3.07. The van der Waals surface area contributed by atoms with Gasteiger partial charge >= 0.3 is 0 Å². The van der Waals surface area contributed by atoms with E-state index in [2.05, 4.69) is 57.9 Å². The Morgan fingerprint density at radius 2 is 1.73 bits per heavy atom. The summed E-state index contributed by atoms with van der Waals surface area (Å²) in [6.45, 7) is 2.04. The van der Waals surface area contributed by atoms with Gasteiger partial charge in [0.2, 0.25) is 0 Å². The summed E-state index contributed by atoms with van der Waals surface area (Å²) in [5, 5.41) is 5.43. The molecule has 6 heteroatoms. The van der Waals surface area contributed by atoms with Crippen molar-refractivity contribution in [2.24, 2.45) is 0 Å².